The van der Waals surface area contributed by atoms with Gasteiger partial charge in [0, 0.05) is 6.20 Å². The zero-order valence-electron chi connectivity index (χ0n) is 8.05. The van der Waals surface area contributed by atoms with Crippen LogP contribution in [-0.4, -0.2) is 11.5 Å². The Balaban J connectivity index is 2.80. The lowest BCUT2D eigenvalue weighted by atomic mass is 9.88. The molecule has 1 aromatic rings. The Morgan fingerprint density at radius 1 is 1.54 bits per heavy atom. The van der Waals surface area contributed by atoms with Gasteiger partial charge in [-0.3, -0.25) is 4.98 Å². The van der Waals surface area contributed by atoms with E-state index in [-0.39, 0.29) is 11.2 Å². The Morgan fingerprint density at radius 2 is 2.23 bits per heavy atom. The van der Waals surface area contributed by atoms with Crippen LogP contribution in [0.1, 0.15) is 19.5 Å². The summed E-state index contributed by atoms with van der Waals surface area (Å²) in [6.07, 6.45) is 2.18. The minimum Gasteiger partial charge on any atom is -0.330 e. The minimum atomic E-state index is -0.246. The lowest BCUT2D eigenvalue weighted by Crippen LogP contribution is -2.26. The molecule has 13 heavy (non-hydrogen) atoms. The summed E-state index contributed by atoms with van der Waals surface area (Å²) >= 11 is 0. The van der Waals surface area contributed by atoms with Gasteiger partial charge in [-0.15, -0.1) is 0 Å². The van der Waals surface area contributed by atoms with Crippen LogP contribution >= 0.6 is 0 Å². The molecule has 0 radical (unpaired) electrons. The molecule has 0 unspecified atom stereocenters. The fourth-order valence-corrected chi connectivity index (χ4v) is 1.07. The van der Waals surface area contributed by atoms with E-state index < -0.39 is 0 Å². The van der Waals surface area contributed by atoms with Gasteiger partial charge in [0.25, 0.3) is 0 Å². The second-order valence-electron chi connectivity index (χ2n) is 3.98. The van der Waals surface area contributed by atoms with Gasteiger partial charge in [0.2, 0.25) is 0 Å². The van der Waals surface area contributed by atoms with Crippen molar-refractivity contribution < 1.29 is 4.39 Å². The molecule has 0 aliphatic carbocycles. The molecule has 1 rings (SSSR count). The van der Waals surface area contributed by atoms with Crippen LogP contribution in [-0.2, 0) is 6.42 Å². The van der Waals surface area contributed by atoms with Crippen molar-refractivity contribution >= 4 is 0 Å². The Morgan fingerprint density at radius 3 is 2.77 bits per heavy atom. The highest BCUT2D eigenvalue weighted by Gasteiger charge is 2.18. The summed E-state index contributed by atoms with van der Waals surface area (Å²) in [5, 5.41) is 0. The van der Waals surface area contributed by atoms with Gasteiger partial charge in [-0.2, -0.15) is 0 Å². The Hall–Kier alpha value is -0.960. The van der Waals surface area contributed by atoms with E-state index in [2.05, 4.69) is 4.98 Å². The maximum atomic E-state index is 13.2. The van der Waals surface area contributed by atoms with Crippen molar-refractivity contribution in [2.75, 3.05) is 6.54 Å². The quantitative estimate of drug-likeness (QED) is 0.773. The van der Waals surface area contributed by atoms with Crippen LogP contribution in [0.25, 0.3) is 0 Å². The number of rotatable bonds is 3. The number of nitrogens with two attached hydrogens (primary N) is 1. The van der Waals surface area contributed by atoms with Crippen molar-refractivity contribution in [2.45, 2.75) is 20.3 Å². The number of hydrogen-bond acceptors (Lipinski definition) is 2. The summed E-state index contributed by atoms with van der Waals surface area (Å²) in [5.41, 5.74) is 5.96. The third-order valence-electron chi connectivity index (χ3n) is 2.03. The third-order valence-corrected chi connectivity index (χ3v) is 2.03. The summed E-state index contributed by atoms with van der Waals surface area (Å²) in [7, 11) is 0. The predicted molar refractivity (Wildman–Crippen MR) is 50.7 cm³/mol. The average molecular weight is 182 g/mol. The molecule has 0 saturated carbocycles. The van der Waals surface area contributed by atoms with Gasteiger partial charge in [0.15, 0.2) is 0 Å². The molecule has 0 atom stereocenters. The monoisotopic (exact) mass is 182 g/mol. The average Bonchev–Trinajstić information content (AvgIpc) is 2.09. The Kier molecular flexibility index (Phi) is 2.98. The van der Waals surface area contributed by atoms with E-state index in [9.17, 15) is 4.39 Å². The number of nitrogens with zero attached hydrogens (tertiary/aromatic N) is 1. The highest BCUT2D eigenvalue weighted by atomic mass is 19.1. The van der Waals surface area contributed by atoms with Crippen LogP contribution in [0, 0.1) is 11.2 Å². The molecule has 0 aromatic carbocycles. The van der Waals surface area contributed by atoms with Crippen LogP contribution in [0.5, 0.6) is 0 Å². The van der Waals surface area contributed by atoms with Crippen LogP contribution in [0.4, 0.5) is 4.39 Å². The second-order valence-corrected chi connectivity index (χ2v) is 3.98. The van der Waals surface area contributed by atoms with Gasteiger partial charge >= 0.3 is 0 Å². The molecule has 72 valence electrons. The van der Waals surface area contributed by atoms with Crippen molar-refractivity contribution in [1.29, 1.82) is 0 Å². The predicted octanol–water partition coefficient (Wildman–Crippen LogP) is 1.75. The van der Waals surface area contributed by atoms with Gasteiger partial charge in [0.1, 0.15) is 5.82 Å². The summed E-state index contributed by atoms with van der Waals surface area (Å²) in [6, 6.07) is 3.02. The first-order valence-corrected chi connectivity index (χ1v) is 4.35. The van der Waals surface area contributed by atoms with Gasteiger partial charge in [-0.25, -0.2) is 4.39 Å². The zero-order chi connectivity index (χ0) is 9.90. The van der Waals surface area contributed by atoms with Crippen molar-refractivity contribution in [1.82, 2.24) is 4.98 Å². The van der Waals surface area contributed by atoms with Crippen LogP contribution < -0.4 is 5.73 Å². The molecule has 1 aromatic heterocycles. The highest BCUT2D eigenvalue weighted by molar-refractivity contribution is 5.08. The maximum absolute atomic E-state index is 13.2. The normalized spacial score (nSPS) is 11.7. The van der Waals surface area contributed by atoms with E-state index >= 15 is 0 Å². The maximum Gasteiger partial charge on any atom is 0.144 e. The van der Waals surface area contributed by atoms with E-state index in [0.29, 0.717) is 18.7 Å². The molecule has 0 saturated heterocycles. The smallest absolute Gasteiger partial charge is 0.144 e. The number of hydrogen-bond donors (Lipinski definition) is 1. The number of halogens is 1. The summed E-state index contributed by atoms with van der Waals surface area (Å²) in [6.45, 7) is 4.53. The first-order chi connectivity index (χ1) is 6.05. The lowest BCUT2D eigenvalue weighted by Gasteiger charge is -2.21. The third kappa shape index (κ3) is 2.77. The second kappa shape index (κ2) is 3.83. The molecule has 2 nitrogen and oxygen atoms in total. The van der Waals surface area contributed by atoms with Crippen LogP contribution in [0.3, 0.4) is 0 Å². The first-order valence-electron chi connectivity index (χ1n) is 4.35. The topological polar surface area (TPSA) is 38.9 Å². The molecule has 2 N–H and O–H groups in total. The van der Waals surface area contributed by atoms with Gasteiger partial charge in [0.05, 0.1) is 5.69 Å². The van der Waals surface area contributed by atoms with Crippen LogP contribution in [0.2, 0.25) is 0 Å². The standard InChI is InChI=1S/C10H15FN2/c1-10(2,7-12)6-9-8(11)4-3-5-13-9/h3-5H,6-7,12H2,1-2H3. The number of pyridine rings is 1. The molecule has 1 heterocycles. The van der Waals surface area contributed by atoms with E-state index in [1.54, 1.807) is 12.3 Å². The number of aromatic nitrogens is 1. The van der Waals surface area contributed by atoms with Gasteiger partial charge < -0.3 is 5.73 Å². The van der Waals surface area contributed by atoms with Crippen molar-refractivity contribution in [3.63, 3.8) is 0 Å². The summed E-state index contributed by atoms with van der Waals surface area (Å²) in [4.78, 5) is 3.98. The molecular weight excluding hydrogens is 167 g/mol. The van der Waals surface area contributed by atoms with Gasteiger partial charge in [-0.1, -0.05) is 13.8 Å². The Labute approximate surface area is 78.0 Å². The fourth-order valence-electron chi connectivity index (χ4n) is 1.07. The van der Waals surface area contributed by atoms with E-state index in [0.717, 1.165) is 0 Å². The SMILES string of the molecule is CC(C)(CN)Cc1ncccc1F. The largest absolute Gasteiger partial charge is 0.330 e. The molecular formula is C10H15FN2. The fraction of sp³-hybridized carbons (Fsp3) is 0.500. The minimum absolute atomic E-state index is 0.0881. The molecule has 0 amide bonds. The molecule has 3 heteroatoms. The van der Waals surface area contributed by atoms with Crippen LogP contribution in [0.15, 0.2) is 18.3 Å². The molecule has 0 fully saturated rings. The molecule has 0 aliphatic rings. The zero-order valence-corrected chi connectivity index (χ0v) is 8.05. The van der Waals surface area contributed by atoms with E-state index in [4.69, 9.17) is 5.73 Å². The first kappa shape index (κ1) is 10.1. The highest BCUT2D eigenvalue weighted by Crippen LogP contribution is 2.20. The van der Waals surface area contributed by atoms with E-state index in [1.165, 1.54) is 6.07 Å². The lowest BCUT2D eigenvalue weighted by molar-refractivity contribution is 0.365. The van der Waals surface area contributed by atoms with Crippen molar-refractivity contribution in [3.8, 4) is 0 Å². The summed E-state index contributed by atoms with van der Waals surface area (Å²) in [5.74, 6) is -0.246. The van der Waals surface area contributed by atoms with Gasteiger partial charge in [-0.05, 0) is 30.5 Å². The molecule has 0 spiro atoms. The van der Waals surface area contributed by atoms with E-state index in [1.807, 2.05) is 13.8 Å². The molecule has 0 aliphatic heterocycles. The molecule has 0 bridgehead atoms. The van der Waals surface area contributed by atoms with Crippen molar-refractivity contribution in [2.24, 2.45) is 11.1 Å². The summed E-state index contributed by atoms with van der Waals surface area (Å²) < 4.78 is 13.2. The Bertz CT molecular complexity index is 284. The van der Waals surface area contributed by atoms with Crippen molar-refractivity contribution in [3.05, 3.63) is 29.8 Å².